The van der Waals surface area contributed by atoms with Gasteiger partial charge in [-0.15, -0.1) is 0 Å². The SMILES string of the molecule is O=C(O)CCN1CCN(C2CCN(C(=O)C(Cc3cc(Br)c(O)c(Br)c3)OC(=O)N3CCC(N4CCc5ccccc5NC4=O)CC3)CC2)CC1. The molecule has 1 unspecified atom stereocenters. The van der Waals surface area contributed by atoms with Crippen molar-refractivity contribution in [3.63, 3.8) is 0 Å². The number of carboxylic acid groups (broad SMARTS) is 1. The number of hydrogen-bond donors (Lipinski definition) is 3. The first-order valence-corrected chi connectivity index (χ1v) is 19.4. The summed E-state index contributed by atoms with van der Waals surface area (Å²) in [6.07, 6.45) is 2.28. The van der Waals surface area contributed by atoms with E-state index < -0.39 is 18.2 Å². The van der Waals surface area contributed by atoms with E-state index in [4.69, 9.17) is 9.84 Å². The van der Waals surface area contributed by atoms with Crippen LogP contribution in [0.1, 0.15) is 43.2 Å². The first-order valence-electron chi connectivity index (χ1n) is 17.8. The van der Waals surface area contributed by atoms with Gasteiger partial charge in [-0.05, 0) is 93.3 Å². The molecule has 2 aromatic rings. The number of amides is 4. The number of carboxylic acids is 1. The lowest BCUT2D eigenvalue weighted by atomic mass is 10.0. The number of anilines is 1. The zero-order valence-electron chi connectivity index (χ0n) is 28.6. The largest absolute Gasteiger partial charge is 0.506 e. The number of likely N-dealkylation sites (tertiary alicyclic amines) is 2. The minimum absolute atomic E-state index is 0.0125. The predicted molar refractivity (Wildman–Crippen MR) is 198 cm³/mol. The lowest BCUT2D eigenvalue weighted by molar-refractivity contribution is -0.143. The Balaban J connectivity index is 1.05. The quantitative estimate of drug-likeness (QED) is 0.330. The summed E-state index contributed by atoms with van der Waals surface area (Å²) in [5.41, 5.74) is 2.67. The monoisotopic (exact) mass is 832 g/mol. The third kappa shape index (κ3) is 9.34. The van der Waals surface area contributed by atoms with Crippen LogP contribution in [0.15, 0.2) is 45.3 Å². The van der Waals surface area contributed by atoms with Crippen LogP contribution in [0, 0.1) is 0 Å². The van der Waals surface area contributed by atoms with Gasteiger partial charge < -0.3 is 39.9 Å². The van der Waals surface area contributed by atoms with Gasteiger partial charge in [0.2, 0.25) is 0 Å². The molecule has 0 bridgehead atoms. The number of rotatable bonds is 9. The number of fused-ring (bicyclic) bond motifs is 1. The zero-order chi connectivity index (χ0) is 36.1. The number of piperidine rings is 2. The van der Waals surface area contributed by atoms with Gasteiger partial charge in [0.25, 0.3) is 5.91 Å². The van der Waals surface area contributed by atoms with E-state index in [-0.39, 0.29) is 36.6 Å². The number of phenolic OH excluding ortho intramolecular Hbond substituents is 1. The number of carbonyl (C=O) groups is 4. The maximum absolute atomic E-state index is 14.1. The summed E-state index contributed by atoms with van der Waals surface area (Å²) in [6.45, 7) is 6.49. The number of para-hydroxylation sites is 1. The number of halogens is 2. The summed E-state index contributed by atoms with van der Waals surface area (Å²) in [4.78, 5) is 61.7. The molecule has 0 aromatic heterocycles. The molecule has 3 saturated heterocycles. The van der Waals surface area contributed by atoms with Gasteiger partial charge in [0.05, 0.1) is 15.4 Å². The summed E-state index contributed by atoms with van der Waals surface area (Å²) in [7, 11) is 0. The van der Waals surface area contributed by atoms with E-state index in [0.717, 1.165) is 62.3 Å². The van der Waals surface area contributed by atoms with Crippen molar-refractivity contribution in [2.45, 2.75) is 63.1 Å². The number of nitrogens with one attached hydrogen (secondary N) is 1. The maximum Gasteiger partial charge on any atom is 0.410 e. The Morgan fingerprint density at radius 3 is 2.16 bits per heavy atom. The average Bonchev–Trinajstić information content (AvgIpc) is 3.30. The van der Waals surface area contributed by atoms with Crippen molar-refractivity contribution in [3.8, 4) is 5.75 Å². The number of ether oxygens (including phenoxy) is 1. The Bertz CT molecular complexity index is 1570. The minimum Gasteiger partial charge on any atom is -0.506 e. The zero-order valence-corrected chi connectivity index (χ0v) is 31.8. The van der Waals surface area contributed by atoms with E-state index in [1.54, 1.807) is 21.9 Å². The van der Waals surface area contributed by atoms with E-state index in [9.17, 15) is 24.3 Å². The van der Waals surface area contributed by atoms with Crippen LogP contribution in [0.25, 0.3) is 0 Å². The van der Waals surface area contributed by atoms with Gasteiger partial charge >= 0.3 is 18.1 Å². The first-order chi connectivity index (χ1) is 24.5. The Morgan fingerprint density at radius 2 is 1.49 bits per heavy atom. The molecule has 3 N–H and O–H groups in total. The van der Waals surface area contributed by atoms with Crippen LogP contribution in [0.4, 0.5) is 15.3 Å². The van der Waals surface area contributed by atoms with E-state index in [1.165, 1.54) is 0 Å². The second-order valence-electron chi connectivity index (χ2n) is 13.8. The number of benzene rings is 2. The average molecular weight is 835 g/mol. The molecule has 2 aromatic carbocycles. The fourth-order valence-electron chi connectivity index (χ4n) is 7.68. The molecule has 4 heterocycles. The smallest absolute Gasteiger partial charge is 0.410 e. The van der Waals surface area contributed by atoms with Crippen LogP contribution in [0.5, 0.6) is 5.75 Å². The second kappa shape index (κ2) is 17.0. The number of carbonyl (C=O) groups excluding carboxylic acids is 3. The molecule has 6 rings (SSSR count). The Hall–Kier alpha value is -3.40. The molecule has 0 radical (unpaired) electrons. The van der Waals surface area contributed by atoms with Crippen molar-refractivity contribution in [2.24, 2.45) is 0 Å². The highest BCUT2D eigenvalue weighted by Gasteiger charge is 2.36. The molecule has 3 fully saturated rings. The van der Waals surface area contributed by atoms with Crippen LogP contribution in [0.2, 0.25) is 0 Å². The molecule has 15 heteroatoms. The number of hydrogen-bond acceptors (Lipinski definition) is 8. The summed E-state index contributed by atoms with van der Waals surface area (Å²) >= 11 is 6.75. The van der Waals surface area contributed by atoms with Crippen molar-refractivity contribution < 1.29 is 34.1 Å². The second-order valence-corrected chi connectivity index (χ2v) is 15.5. The first kappa shape index (κ1) is 37.4. The van der Waals surface area contributed by atoms with Crippen molar-refractivity contribution in [1.29, 1.82) is 0 Å². The van der Waals surface area contributed by atoms with Crippen LogP contribution in [-0.2, 0) is 27.2 Å². The summed E-state index contributed by atoms with van der Waals surface area (Å²) in [5.74, 6) is -0.969. The standard InChI is InChI=1S/C36H46Br2N6O7/c37-28-21-24(22-29(38)33(28)47)23-31(34(48)42-12-6-26(7-13-42)41-19-17-40(18-20-41)11-10-32(45)46)51-36(50)43-14-8-27(9-15-43)44-16-5-25-3-1-2-4-30(25)39-35(44)49/h1-4,21-22,26-27,31,47H,5-20,23H2,(H,39,49)(H,45,46). The highest BCUT2D eigenvalue weighted by atomic mass is 79.9. The number of aliphatic carboxylic acids is 1. The molecule has 51 heavy (non-hydrogen) atoms. The molecule has 4 aliphatic rings. The Labute approximate surface area is 315 Å². The molecule has 4 amide bonds. The van der Waals surface area contributed by atoms with Crippen LogP contribution >= 0.6 is 31.9 Å². The fourth-order valence-corrected chi connectivity index (χ4v) is 8.97. The Kier molecular flexibility index (Phi) is 12.4. The van der Waals surface area contributed by atoms with E-state index in [2.05, 4.69) is 47.0 Å². The van der Waals surface area contributed by atoms with Crippen molar-refractivity contribution >= 4 is 61.5 Å². The van der Waals surface area contributed by atoms with Gasteiger partial charge in [-0.2, -0.15) is 0 Å². The molecule has 13 nitrogen and oxygen atoms in total. The minimum atomic E-state index is -1.05. The molecule has 0 aliphatic carbocycles. The summed E-state index contributed by atoms with van der Waals surface area (Å²) in [6, 6.07) is 11.5. The molecule has 0 spiro atoms. The number of nitrogens with zero attached hydrogens (tertiary/aromatic N) is 5. The number of piperazine rings is 1. The highest BCUT2D eigenvalue weighted by molar-refractivity contribution is 9.11. The summed E-state index contributed by atoms with van der Waals surface area (Å²) in [5, 5.41) is 22.3. The van der Waals surface area contributed by atoms with Gasteiger partial charge in [0, 0.05) is 89.6 Å². The third-order valence-electron chi connectivity index (χ3n) is 10.7. The Morgan fingerprint density at radius 1 is 0.863 bits per heavy atom. The van der Waals surface area contributed by atoms with Gasteiger partial charge in [-0.25, -0.2) is 9.59 Å². The van der Waals surface area contributed by atoms with Gasteiger partial charge in [-0.3, -0.25) is 14.5 Å². The highest BCUT2D eigenvalue weighted by Crippen LogP contribution is 2.34. The predicted octanol–water partition coefficient (Wildman–Crippen LogP) is 4.60. The van der Waals surface area contributed by atoms with E-state index in [1.807, 2.05) is 29.2 Å². The molecule has 276 valence electrons. The van der Waals surface area contributed by atoms with E-state index in [0.29, 0.717) is 67.1 Å². The fraction of sp³-hybridized carbons (Fsp3) is 0.556. The third-order valence-corrected chi connectivity index (χ3v) is 11.9. The lowest BCUT2D eigenvalue weighted by Gasteiger charge is -2.43. The summed E-state index contributed by atoms with van der Waals surface area (Å²) < 4.78 is 6.97. The van der Waals surface area contributed by atoms with Crippen molar-refractivity contribution in [3.05, 3.63) is 56.5 Å². The topological polar surface area (TPSA) is 146 Å². The van der Waals surface area contributed by atoms with Gasteiger partial charge in [-0.1, -0.05) is 18.2 Å². The molecule has 1 atom stereocenters. The molecular weight excluding hydrogens is 788 g/mol. The molecule has 0 saturated carbocycles. The molecular formula is C36H46Br2N6O7. The van der Waals surface area contributed by atoms with Crippen LogP contribution in [0.3, 0.4) is 0 Å². The normalized spacial score (nSPS) is 20.4. The van der Waals surface area contributed by atoms with Crippen LogP contribution in [-0.4, -0.2) is 142 Å². The number of phenols is 1. The van der Waals surface area contributed by atoms with E-state index >= 15 is 0 Å². The van der Waals surface area contributed by atoms with Crippen molar-refractivity contribution in [2.75, 3.05) is 70.8 Å². The maximum atomic E-state index is 14.1. The van der Waals surface area contributed by atoms with Crippen molar-refractivity contribution in [1.82, 2.24) is 24.5 Å². The molecule has 4 aliphatic heterocycles. The number of aromatic hydroxyl groups is 1. The van der Waals surface area contributed by atoms with Gasteiger partial charge in [0.1, 0.15) is 5.75 Å². The number of urea groups is 1. The lowest BCUT2D eigenvalue weighted by Crippen LogP contribution is -2.55. The van der Waals surface area contributed by atoms with Gasteiger partial charge in [0.15, 0.2) is 6.10 Å². The van der Waals surface area contributed by atoms with Crippen LogP contribution < -0.4 is 5.32 Å².